The molecular weight excluding hydrogens is 294 g/mol. The van der Waals surface area contributed by atoms with Crippen LogP contribution in [-0.4, -0.2) is 62.1 Å². The molecule has 22 heavy (non-hydrogen) atoms. The van der Waals surface area contributed by atoms with Gasteiger partial charge in [0, 0.05) is 17.1 Å². The van der Waals surface area contributed by atoms with Gasteiger partial charge in [-0.3, -0.25) is 0 Å². The number of rotatable bonds is 3. The van der Waals surface area contributed by atoms with Crippen molar-refractivity contribution in [2.24, 2.45) is 0 Å². The van der Waals surface area contributed by atoms with Crippen molar-refractivity contribution in [1.82, 2.24) is 4.98 Å². The van der Waals surface area contributed by atoms with Crippen LogP contribution in [0.5, 0.6) is 5.75 Å². The lowest BCUT2D eigenvalue weighted by atomic mass is 9.99. The first kappa shape index (κ1) is 14.8. The summed E-state index contributed by atoms with van der Waals surface area (Å²) >= 11 is 0. The zero-order chi connectivity index (χ0) is 15.9. The van der Waals surface area contributed by atoms with Crippen LogP contribution in [-0.2, 0) is 9.53 Å². The number of hydrogen-bond donors (Lipinski definition) is 5. The summed E-state index contributed by atoms with van der Waals surface area (Å²) in [5, 5.41) is 39.0. The Kier molecular flexibility index (Phi) is 3.75. The van der Waals surface area contributed by atoms with E-state index in [2.05, 4.69) is 4.98 Å². The van der Waals surface area contributed by atoms with Crippen molar-refractivity contribution in [3.63, 3.8) is 0 Å². The van der Waals surface area contributed by atoms with Crippen LogP contribution in [0.2, 0.25) is 0 Å². The summed E-state index contributed by atoms with van der Waals surface area (Å²) in [5.41, 5.74) is 0.790. The topological polar surface area (TPSA) is 132 Å². The van der Waals surface area contributed by atoms with Crippen LogP contribution in [0.4, 0.5) is 0 Å². The summed E-state index contributed by atoms with van der Waals surface area (Å²) in [6.07, 6.45) is -6.58. The second kappa shape index (κ2) is 5.58. The number of aliphatic hydroxyl groups excluding tert-OH is 3. The maximum atomic E-state index is 11.0. The van der Waals surface area contributed by atoms with Gasteiger partial charge < -0.3 is 34.9 Å². The summed E-state index contributed by atoms with van der Waals surface area (Å²) in [6, 6.07) is 7.21. The quantitative estimate of drug-likeness (QED) is 0.513. The lowest BCUT2D eigenvalue weighted by molar-refractivity contribution is -0.270. The molecule has 0 saturated carbocycles. The summed E-state index contributed by atoms with van der Waals surface area (Å²) in [7, 11) is 0. The van der Waals surface area contributed by atoms with Gasteiger partial charge in [-0.2, -0.15) is 0 Å². The minimum Gasteiger partial charge on any atom is -0.479 e. The molecule has 0 bridgehead atoms. The minimum atomic E-state index is -1.74. The average molecular weight is 309 g/mol. The fourth-order valence-corrected chi connectivity index (χ4v) is 2.42. The summed E-state index contributed by atoms with van der Waals surface area (Å²) in [4.78, 5) is 14.0. The summed E-state index contributed by atoms with van der Waals surface area (Å²) in [5.74, 6) is -1.11. The maximum absolute atomic E-state index is 11.0. The highest BCUT2D eigenvalue weighted by molar-refractivity contribution is 5.85. The van der Waals surface area contributed by atoms with Crippen LogP contribution >= 0.6 is 0 Å². The third-order valence-corrected chi connectivity index (χ3v) is 3.61. The van der Waals surface area contributed by atoms with E-state index < -0.39 is 36.7 Å². The number of carbonyl (C=O) groups is 1. The van der Waals surface area contributed by atoms with Crippen LogP contribution in [0.15, 0.2) is 30.5 Å². The van der Waals surface area contributed by atoms with Gasteiger partial charge in [0.25, 0.3) is 0 Å². The van der Waals surface area contributed by atoms with E-state index >= 15 is 0 Å². The fourth-order valence-electron chi connectivity index (χ4n) is 2.42. The standard InChI is InChI=1S/C14H15NO7/c16-9-10(17)12(13(19)20)22-14(11(9)18)21-8-5-15-7-4-2-1-3-6(7)8/h1-5,9-12,14-18H,(H,19,20)/t9-,10+,11-,12-,14+/m0/s1. The predicted octanol–water partition coefficient (Wildman–Crippen LogP) is -0.561. The summed E-state index contributed by atoms with van der Waals surface area (Å²) < 4.78 is 10.6. The molecule has 1 fully saturated rings. The number of aromatic amines is 1. The summed E-state index contributed by atoms with van der Waals surface area (Å²) in [6.45, 7) is 0. The first-order valence-electron chi connectivity index (χ1n) is 6.64. The molecule has 5 N–H and O–H groups in total. The van der Waals surface area contributed by atoms with Crippen LogP contribution in [0, 0.1) is 0 Å². The van der Waals surface area contributed by atoms with Crippen molar-refractivity contribution in [2.75, 3.05) is 0 Å². The van der Waals surface area contributed by atoms with E-state index in [1.165, 1.54) is 6.20 Å². The molecule has 0 amide bonds. The minimum absolute atomic E-state index is 0.340. The molecule has 5 atom stereocenters. The molecular formula is C14H15NO7. The van der Waals surface area contributed by atoms with E-state index in [4.69, 9.17) is 14.6 Å². The molecule has 0 radical (unpaired) electrons. The molecule has 1 saturated heterocycles. The lowest BCUT2D eigenvalue weighted by Crippen LogP contribution is -2.61. The van der Waals surface area contributed by atoms with Gasteiger partial charge in [-0.1, -0.05) is 12.1 Å². The van der Waals surface area contributed by atoms with Crippen LogP contribution in [0.25, 0.3) is 10.9 Å². The Bertz CT molecular complexity index is 685. The highest BCUT2D eigenvalue weighted by Gasteiger charge is 2.48. The lowest BCUT2D eigenvalue weighted by Gasteiger charge is -2.38. The smallest absolute Gasteiger partial charge is 0.335 e. The second-order valence-electron chi connectivity index (χ2n) is 5.05. The highest BCUT2D eigenvalue weighted by atomic mass is 16.7. The number of aliphatic carboxylic acids is 1. The number of aromatic nitrogens is 1. The molecule has 118 valence electrons. The number of benzene rings is 1. The zero-order valence-corrected chi connectivity index (χ0v) is 11.3. The molecule has 0 spiro atoms. The Labute approximate surface area is 124 Å². The van der Waals surface area contributed by atoms with Gasteiger partial charge >= 0.3 is 5.97 Å². The highest BCUT2D eigenvalue weighted by Crippen LogP contribution is 2.29. The van der Waals surface area contributed by atoms with Crippen molar-refractivity contribution < 1.29 is 34.7 Å². The molecule has 8 nitrogen and oxygen atoms in total. The van der Waals surface area contributed by atoms with Crippen molar-refractivity contribution in [1.29, 1.82) is 0 Å². The van der Waals surface area contributed by atoms with E-state index in [1.54, 1.807) is 12.1 Å². The van der Waals surface area contributed by atoms with Gasteiger partial charge in [0.05, 0.1) is 0 Å². The molecule has 2 heterocycles. The number of para-hydroxylation sites is 1. The van der Waals surface area contributed by atoms with E-state index in [0.717, 1.165) is 5.52 Å². The molecule has 8 heteroatoms. The van der Waals surface area contributed by atoms with Gasteiger partial charge in [0.15, 0.2) is 6.10 Å². The number of fused-ring (bicyclic) bond motifs is 1. The second-order valence-corrected chi connectivity index (χ2v) is 5.05. The Morgan fingerprint density at radius 2 is 1.86 bits per heavy atom. The van der Waals surface area contributed by atoms with E-state index in [9.17, 15) is 20.1 Å². The largest absolute Gasteiger partial charge is 0.479 e. The Morgan fingerprint density at radius 1 is 1.14 bits per heavy atom. The average Bonchev–Trinajstić information content (AvgIpc) is 2.91. The Hall–Kier alpha value is -2.13. The number of carboxylic acids is 1. The van der Waals surface area contributed by atoms with E-state index in [0.29, 0.717) is 11.1 Å². The fraction of sp³-hybridized carbons (Fsp3) is 0.357. The van der Waals surface area contributed by atoms with Gasteiger partial charge in [-0.15, -0.1) is 0 Å². The number of H-pyrrole nitrogens is 1. The maximum Gasteiger partial charge on any atom is 0.335 e. The third-order valence-electron chi connectivity index (χ3n) is 3.61. The van der Waals surface area contributed by atoms with Gasteiger partial charge in [-0.05, 0) is 12.1 Å². The number of aliphatic hydroxyl groups is 3. The molecule has 3 rings (SSSR count). The van der Waals surface area contributed by atoms with Gasteiger partial charge in [0.1, 0.15) is 24.1 Å². The number of carboxylic acid groups (broad SMARTS) is 1. The molecule has 2 aromatic rings. The van der Waals surface area contributed by atoms with Crippen molar-refractivity contribution in [2.45, 2.75) is 30.7 Å². The molecule has 1 aliphatic heterocycles. The van der Waals surface area contributed by atoms with E-state index in [1.807, 2.05) is 12.1 Å². The van der Waals surface area contributed by atoms with Crippen LogP contribution < -0.4 is 4.74 Å². The molecule has 1 aliphatic rings. The number of hydrogen-bond acceptors (Lipinski definition) is 6. The van der Waals surface area contributed by atoms with Crippen LogP contribution in [0.3, 0.4) is 0 Å². The molecule has 1 aromatic heterocycles. The Balaban J connectivity index is 1.85. The first-order valence-corrected chi connectivity index (χ1v) is 6.64. The molecule has 1 aromatic carbocycles. The predicted molar refractivity (Wildman–Crippen MR) is 73.2 cm³/mol. The van der Waals surface area contributed by atoms with Gasteiger partial charge in [-0.25, -0.2) is 4.79 Å². The number of ether oxygens (including phenoxy) is 2. The van der Waals surface area contributed by atoms with Crippen LogP contribution in [0.1, 0.15) is 0 Å². The van der Waals surface area contributed by atoms with Crippen molar-refractivity contribution in [3.8, 4) is 5.75 Å². The Morgan fingerprint density at radius 3 is 2.59 bits per heavy atom. The zero-order valence-electron chi connectivity index (χ0n) is 11.3. The first-order chi connectivity index (χ1) is 10.5. The van der Waals surface area contributed by atoms with Gasteiger partial charge in [0.2, 0.25) is 6.29 Å². The van der Waals surface area contributed by atoms with E-state index in [-0.39, 0.29) is 0 Å². The van der Waals surface area contributed by atoms with Crippen molar-refractivity contribution in [3.05, 3.63) is 30.5 Å². The molecule has 0 aliphatic carbocycles. The molecule has 0 unspecified atom stereocenters. The third kappa shape index (κ3) is 2.42. The number of nitrogens with one attached hydrogen (secondary N) is 1. The SMILES string of the molecule is O=C(O)[C@H]1O[C@@H](Oc2c[nH]c3ccccc23)[C@@H](O)[C@@H](O)[C@H]1O. The van der Waals surface area contributed by atoms with Crippen molar-refractivity contribution >= 4 is 16.9 Å². The normalized spacial score (nSPS) is 32.0. The monoisotopic (exact) mass is 309 g/mol.